The van der Waals surface area contributed by atoms with Crippen molar-refractivity contribution in [3.05, 3.63) is 0 Å². The minimum absolute atomic E-state index is 0.0661. The van der Waals surface area contributed by atoms with E-state index in [0.29, 0.717) is 43.2 Å². The number of Topliss-reactive ketones (excluding diaryl/α,β-unsaturated/α-hetero) is 1. The van der Waals surface area contributed by atoms with Crippen LogP contribution in [0.25, 0.3) is 0 Å². The number of carbonyl (C=O) groups is 3. The molecule has 180 valence electrons. The Balaban J connectivity index is 1.63. The lowest BCUT2D eigenvalue weighted by Crippen LogP contribution is -2.53. The van der Waals surface area contributed by atoms with E-state index in [-0.39, 0.29) is 17.7 Å². The zero-order valence-corrected chi connectivity index (χ0v) is 20.4. The number of hydrogen-bond donors (Lipinski definition) is 2. The Bertz CT molecular complexity index is 702. The molecule has 2 heterocycles. The SMILES string of the molecule is CC(C)C[C@@H]1CSC(=NNC(=O)C(=O)C(NC(=O)C2CCCCC2)C2CCOCC2)N1C. The number of thioether (sulfide) groups is 1. The topological polar surface area (TPSA) is 100 Å². The van der Waals surface area contributed by atoms with Gasteiger partial charge >= 0.3 is 5.91 Å². The van der Waals surface area contributed by atoms with Crippen molar-refractivity contribution in [1.82, 2.24) is 15.6 Å². The van der Waals surface area contributed by atoms with Gasteiger partial charge in [0.05, 0.1) is 0 Å². The fourth-order valence-electron chi connectivity index (χ4n) is 4.80. The first-order chi connectivity index (χ1) is 15.4. The number of ether oxygens (including phenoxy) is 1. The van der Waals surface area contributed by atoms with Crippen molar-refractivity contribution >= 4 is 34.5 Å². The number of carbonyl (C=O) groups excluding carboxylic acids is 3. The van der Waals surface area contributed by atoms with Gasteiger partial charge in [-0.25, -0.2) is 5.43 Å². The van der Waals surface area contributed by atoms with Crippen LogP contribution in [0.1, 0.15) is 65.2 Å². The maximum absolute atomic E-state index is 13.1. The van der Waals surface area contributed by atoms with Crippen molar-refractivity contribution in [2.45, 2.75) is 77.3 Å². The van der Waals surface area contributed by atoms with Crippen LogP contribution < -0.4 is 10.7 Å². The molecule has 0 bridgehead atoms. The van der Waals surface area contributed by atoms with Crippen LogP contribution in [-0.4, -0.2) is 65.8 Å². The van der Waals surface area contributed by atoms with Gasteiger partial charge in [-0.1, -0.05) is 44.9 Å². The standard InChI is InChI=1S/C23H38N4O4S/c1-15(2)13-18-14-32-23(27(18)3)26-25-22(30)20(28)19(16-9-11-31-12-10-16)24-21(29)17-7-5-4-6-8-17/h15-19H,4-14H2,1-3H3,(H,24,29)(H,25,30)/t18-,19?/m1/s1. The molecule has 32 heavy (non-hydrogen) atoms. The Hall–Kier alpha value is -1.61. The molecule has 2 saturated heterocycles. The lowest BCUT2D eigenvalue weighted by atomic mass is 9.85. The molecule has 2 atom stereocenters. The van der Waals surface area contributed by atoms with Gasteiger partial charge in [-0.05, 0) is 43.9 Å². The van der Waals surface area contributed by atoms with Crippen molar-refractivity contribution in [1.29, 1.82) is 0 Å². The largest absolute Gasteiger partial charge is 0.381 e. The monoisotopic (exact) mass is 466 g/mol. The van der Waals surface area contributed by atoms with E-state index in [1.165, 1.54) is 0 Å². The van der Waals surface area contributed by atoms with Gasteiger partial charge in [0.1, 0.15) is 6.04 Å². The van der Waals surface area contributed by atoms with Crippen molar-refractivity contribution in [2.75, 3.05) is 26.0 Å². The number of nitrogens with one attached hydrogen (secondary N) is 2. The van der Waals surface area contributed by atoms with E-state index in [4.69, 9.17) is 4.74 Å². The smallest absolute Gasteiger partial charge is 0.309 e. The molecule has 0 aromatic rings. The first-order valence-electron chi connectivity index (χ1n) is 12.0. The van der Waals surface area contributed by atoms with Crippen LogP contribution >= 0.6 is 11.8 Å². The normalized spacial score (nSPS) is 25.2. The van der Waals surface area contributed by atoms with Crippen LogP contribution in [0.5, 0.6) is 0 Å². The summed E-state index contributed by atoms with van der Waals surface area (Å²) in [6.07, 6.45) is 7.28. The number of rotatable bonds is 8. The number of amides is 2. The van der Waals surface area contributed by atoms with Gasteiger partial charge in [-0.3, -0.25) is 14.4 Å². The van der Waals surface area contributed by atoms with Gasteiger partial charge in [0.25, 0.3) is 0 Å². The van der Waals surface area contributed by atoms with Crippen LogP contribution in [0, 0.1) is 17.8 Å². The predicted molar refractivity (Wildman–Crippen MR) is 126 cm³/mol. The molecule has 8 nitrogen and oxygen atoms in total. The summed E-state index contributed by atoms with van der Waals surface area (Å²) in [5.41, 5.74) is 2.46. The Morgan fingerprint density at radius 3 is 2.47 bits per heavy atom. The van der Waals surface area contributed by atoms with Gasteiger partial charge in [0, 0.05) is 38.0 Å². The van der Waals surface area contributed by atoms with Crippen molar-refractivity contribution in [2.24, 2.45) is 22.9 Å². The van der Waals surface area contributed by atoms with Gasteiger partial charge in [0.15, 0.2) is 5.17 Å². The third kappa shape index (κ3) is 6.70. The fraction of sp³-hybridized carbons (Fsp3) is 0.826. The summed E-state index contributed by atoms with van der Waals surface area (Å²) in [5, 5.41) is 7.87. The summed E-state index contributed by atoms with van der Waals surface area (Å²) in [7, 11) is 1.97. The second-order valence-corrected chi connectivity index (χ2v) is 10.7. The summed E-state index contributed by atoms with van der Waals surface area (Å²) in [4.78, 5) is 40.7. The first-order valence-corrected chi connectivity index (χ1v) is 13.0. The van der Waals surface area contributed by atoms with Gasteiger partial charge < -0.3 is 15.0 Å². The number of hydrogen-bond acceptors (Lipinski definition) is 6. The Kier molecular flexibility index (Phi) is 9.40. The van der Waals surface area contributed by atoms with E-state index >= 15 is 0 Å². The lowest BCUT2D eigenvalue weighted by Gasteiger charge is -2.31. The summed E-state index contributed by atoms with van der Waals surface area (Å²) in [6.45, 7) is 5.45. The molecule has 2 aliphatic heterocycles. The molecule has 0 radical (unpaired) electrons. The van der Waals surface area contributed by atoms with E-state index in [0.717, 1.165) is 44.3 Å². The Morgan fingerprint density at radius 1 is 1.12 bits per heavy atom. The zero-order valence-electron chi connectivity index (χ0n) is 19.6. The quantitative estimate of drug-likeness (QED) is 0.421. The number of hydrazone groups is 1. The molecule has 2 amide bonds. The van der Waals surface area contributed by atoms with Crippen LogP contribution in [-0.2, 0) is 19.1 Å². The molecule has 0 aromatic carbocycles. The molecule has 0 spiro atoms. The Morgan fingerprint density at radius 2 is 1.81 bits per heavy atom. The number of ketones is 1. The molecule has 0 aromatic heterocycles. The highest BCUT2D eigenvalue weighted by Crippen LogP contribution is 2.27. The Labute approximate surface area is 195 Å². The number of amidine groups is 1. The third-order valence-electron chi connectivity index (χ3n) is 6.77. The van der Waals surface area contributed by atoms with Gasteiger partial charge in [-0.15, -0.1) is 5.10 Å². The van der Waals surface area contributed by atoms with Crippen LogP contribution in [0.3, 0.4) is 0 Å². The van der Waals surface area contributed by atoms with Gasteiger partial charge in [-0.2, -0.15) is 0 Å². The van der Waals surface area contributed by atoms with Crippen LogP contribution in [0.2, 0.25) is 0 Å². The zero-order chi connectivity index (χ0) is 23.1. The first kappa shape index (κ1) is 25.0. The second-order valence-electron chi connectivity index (χ2n) is 9.68. The molecule has 9 heteroatoms. The van der Waals surface area contributed by atoms with Gasteiger partial charge in [0.2, 0.25) is 11.7 Å². The minimum Gasteiger partial charge on any atom is -0.381 e. The van der Waals surface area contributed by atoms with Crippen molar-refractivity contribution < 1.29 is 19.1 Å². The van der Waals surface area contributed by atoms with E-state index in [1.54, 1.807) is 11.8 Å². The third-order valence-corrected chi connectivity index (χ3v) is 7.96. The van der Waals surface area contributed by atoms with Crippen LogP contribution in [0.4, 0.5) is 0 Å². The maximum Gasteiger partial charge on any atom is 0.309 e. The summed E-state index contributed by atoms with van der Waals surface area (Å²) in [5.74, 6) is -0.152. The highest BCUT2D eigenvalue weighted by Gasteiger charge is 2.37. The highest BCUT2D eigenvalue weighted by atomic mass is 32.2. The summed E-state index contributed by atoms with van der Waals surface area (Å²) < 4.78 is 5.42. The molecule has 1 unspecified atom stereocenters. The van der Waals surface area contributed by atoms with E-state index in [1.807, 2.05) is 7.05 Å². The number of nitrogens with zero attached hydrogens (tertiary/aromatic N) is 2. The molecule has 3 aliphatic rings. The molecular weight excluding hydrogens is 428 g/mol. The van der Waals surface area contributed by atoms with E-state index in [9.17, 15) is 14.4 Å². The predicted octanol–water partition coefficient (Wildman–Crippen LogP) is 2.53. The molecular formula is C23H38N4O4S. The summed E-state index contributed by atoms with van der Waals surface area (Å²) >= 11 is 1.58. The maximum atomic E-state index is 13.1. The van der Waals surface area contributed by atoms with Crippen molar-refractivity contribution in [3.63, 3.8) is 0 Å². The lowest BCUT2D eigenvalue weighted by molar-refractivity contribution is -0.142. The minimum atomic E-state index is -0.823. The molecule has 2 N–H and O–H groups in total. The highest BCUT2D eigenvalue weighted by molar-refractivity contribution is 8.14. The molecule has 3 fully saturated rings. The van der Waals surface area contributed by atoms with E-state index in [2.05, 4.69) is 34.6 Å². The molecule has 1 aliphatic carbocycles. The fourth-order valence-corrected chi connectivity index (χ4v) is 5.96. The second kappa shape index (κ2) is 12.0. The average Bonchev–Trinajstić information content (AvgIpc) is 3.14. The average molecular weight is 467 g/mol. The molecule has 3 rings (SSSR count). The summed E-state index contributed by atoms with van der Waals surface area (Å²) in [6, 6.07) is -0.452. The molecule has 1 saturated carbocycles. The van der Waals surface area contributed by atoms with E-state index < -0.39 is 17.7 Å². The van der Waals surface area contributed by atoms with Crippen LogP contribution in [0.15, 0.2) is 5.10 Å². The van der Waals surface area contributed by atoms with Crippen molar-refractivity contribution in [3.8, 4) is 0 Å².